The lowest BCUT2D eigenvalue weighted by Crippen LogP contribution is -2.11. The second-order valence-corrected chi connectivity index (χ2v) is 3.43. The summed E-state index contributed by atoms with van der Waals surface area (Å²) in [5, 5.41) is 0.581. The number of hydrogen-bond acceptors (Lipinski definition) is 3. The number of aromatic amines is 1. The van der Waals surface area contributed by atoms with Gasteiger partial charge in [-0.05, 0) is 12.1 Å². The van der Waals surface area contributed by atoms with Crippen LogP contribution in [0.3, 0.4) is 0 Å². The van der Waals surface area contributed by atoms with Crippen LogP contribution in [0.4, 0.5) is 0 Å². The van der Waals surface area contributed by atoms with Crippen LogP contribution < -0.4 is 11.5 Å². The average molecular weight is 230 g/mol. The number of carbonyl (C=O) groups excluding carboxylic acids is 2. The molecule has 0 radical (unpaired) electrons. The lowest BCUT2D eigenvalue weighted by atomic mass is 10.1. The Labute approximate surface area is 96.3 Å². The van der Waals surface area contributed by atoms with E-state index in [2.05, 4.69) is 9.97 Å². The highest BCUT2D eigenvalue weighted by atomic mass is 16.1. The topological polar surface area (TPSA) is 115 Å². The molecule has 0 saturated carbocycles. The van der Waals surface area contributed by atoms with Crippen LogP contribution in [-0.4, -0.2) is 21.8 Å². The zero-order chi connectivity index (χ0) is 12.4. The van der Waals surface area contributed by atoms with Gasteiger partial charge in [0.25, 0.3) is 0 Å². The summed E-state index contributed by atoms with van der Waals surface area (Å²) in [5.74, 6) is -1.12. The molecule has 0 fully saturated rings. The van der Waals surface area contributed by atoms with Crippen molar-refractivity contribution < 1.29 is 9.59 Å². The van der Waals surface area contributed by atoms with Gasteiger partial charge in [0.1, 0.15) is 5.65 Å². The van der Waals surface area contributed by atoms with Crippen molar-refractivity contribution in [2.75, 3.05) is 0 Å². The van der Waals surface area contributed by atoms with Gasteiger partial charge < -0.3 is 16.5 Å². The molecule has 2 heterocycles. The van der Waals surface area contributed by atoms with E-state index in [4.69, 9.17) is 11.5 Å². The summed E-state index contributed by atoms with van der Waals surface area (Å²) in [5.41, 5.74) is 11.8. The Balaban J connectivity index is 2.65. The summed E-state index contributed by atoms with van der Waals surface area (Å²) in [7, 11) is 0. The largest absolute Gasteiger partial charge is 0.366 e. The molecule has 5 N–H and O–H groups in total. The quantitative estimate of drug-likeness (QED) is 0.652. The molecule has 0 aromatic carbocycles. The van der Waals surface area contributed by atoms with Crippen molar-refractivity contribution >= 4 is 28.9 Å². The number of carbonyl (C=O) groups is 2. The third-order valence-corrected chi connectivity index (χ3v) is 2.30. The van der Waals surface area contributed by atoms with Gasteiger partial charge in [0.05, 0.1) is 5.56 Å². The Bertz CT molecular complexity index is 627. The molecule has 0 unspecified atom stereocenters. The van der Waals surface area contributed by atoms with Gasteiger partial charge in [-0.2, -0.15) is 0 Å². The molecule has 17 heavy (non-hydrogen) atoms. The maximum absolute atomic E-state index is 11.3. The molecule has 86 valence electrons. The Hall–Kier alpha value is -2.63. The van der Waals surface area contributed by atoms with Crippen LogP contribution in [0.25, 0.3) is 17.1 Å². The molecule has 0 bridgehead atoms. The second kappa shape index (κ2) is 4.09. The number of H-pyrrole nitrogens is 1. The predicted molar refractivity (Wildman–Crippen MR) is 62.8 cm³/mol. The van der Waals surface area contributed by atoms with E-state index in [0.717, 1.165) is 0 Å². The number of pyridine rings is 1. The highest BCUT2D eigenvalue weighted by molar-refractivity contribution is 6.08. The Kier molecular flexibility index (Phi) is 2.61. The van der Waals surface area contributed by atoms with Gasteiger partial charge in [0.15, 0.2) is 0 Å². The van der Waals surface area contributed by atoms with E-state index in [-0.39, 0.29) is 0 Å². The van der Waals surface area contributed by atoms with Crippen molar-refractivity contribution in [2.45, 2.75) is 0 Å². The van der Waals surface area contributed by atoms with Gasteiger partial charge in [-0.15, -0.1) is 0 Å². The van der Waals surface area contributed by atoms with Crippen molar-refractivity contribution in [3.8, 4) is 0 Å². The minimum absolute atomic E-state index is 0.348. The fraction of sp³-hybridized carbons (Fsp3) is 0. The first kappa shape index (κ1) is 10.9. The number of primary amides is 2. The van der Waals surface area contributed by atoms with Crippen LogP contribution >= 0.6 is 0 Å². The van der Waals surface area contributed by atoms with E-state index < -0.39 is 11.8 Å². The molecule has 2 aromatic heterocycles. The molecule has 0 saturated heterocycles. The van der Waals surface area contributed by atoms with Crippen LogP contribution in [0.1, 0.15) is 15.9 Å². The van der Waals surface area contributed by atoms with Gasteiger partial charge in [-0.1, -0.05) is 0 Å². The molecule has 2 amide bonds. The van der Waals surface area contributed by atoms with E-state index in [1.165, 1.54) is 24.4 Å². The minimum Gasteiger partial charge on any atom is -0.366 e. The number of hydrogen-bond donors (Lipinski definition) is 3. The standard InChI is InChI=1S/C11H10N4O2/c12-8(16)2-1-6-5-15-11-9(6)7(10(13)17)3-4-14-11/h1-5H,(H2,12,16)(H2,13,17)(H,14,15)/b2-1+. The lowest BCUT2D eigenvalue weighted by molar-refractivity contribution is -0.113. The molecule has 2 aromatic rings. The van der Waals surface area contributed by atoms with E-state index >= 15 is 0 Å². The molecule has 0 aliphatic rings. The Morgan fingerprint density at radius 1 is 1.35 bits per heavy atom. The summed E-state index contributed by atoms with van der Waals surface area (Å²) < 4.78 is 0. The number of nitrogens with zero attached hydrogens (tertiary/aromatic N) is 1. The Morgan fingerprint density at radius 2 is 2.12 bits per heavy atom. The van der Waals surface area contributed by atoms with E-state index in [1.807, 2.05) is 0 Å². The summed E-state index contributed by atoms with van der Waals surface area (Å²) in [6, 6.07) is 1.53. The van der Waals surface area contributed by atoms with Gasteiger partial charge in [-0.3, -0.25) is 9.59 Å². The summed E-state index contributed by atoms with van der Waals surface area (Å²) in [4.78, 5) is 28.9. The van der Waals surface area contributed by atoms with Gasteiger partial charge >= 0.3 is 0 Å². The number of rotatable bonds is 3. The monoisotopic (exact) mass is 230 g/mol. The van der Waals surface area contributed by atoms with Crippen molar-refractivity contribution in [2.24, 2.45) is 11.5 Å². The van der Waals surface area contributed by atoms with Crippen LogP contribution in [0.5, 0.6) is 0 Å². The highest BCUT2D eigenvalue weighted by Gasteiger charge is 2.11. The smallest absolute Gasteiger partial charge is 0.249 e. The molecule has 0 atom stereocenters. The van der Waals surface area contributed by atoms with Crippen LogP contribution in [0.15, 0.2) is 24.5 Å². The van der Waals surface area contributed by atoms with E-state index in [9.17, 15) is 9.59 Å². The number of aromatic nitrogens is 2. The summed E-state index contributed by atoms with van der Waals surface area (Å²) >= 11 is 0. The lowest BCUT2D eigenvalue weighted by Gasteiger charge is -1.98. The van der Waals surface area contributed by atoms with E-state index in [1.54, 1.807) is 6.20 Å². The Morgan fingerprint density at radius 3 is 2.76 bits per heavy atom. The van der Waals surface area contributed by atoms with Crippen molar-refractivity contribution in [3.63, 3.8) is 0 Å². The fourth-order valence-electron chi connectivity index (χ4n) is 1.59. The number of nitrogens with two attached hydrogens (primary N) is 2. The number of fused-ring (bicyclic) bond motifs is 1. The maximum Gasteiger partial charge on any atom is 0.249 e. The molecule has 6 nitrogen and oxygen atoms in total. The van der Waals surface area contributed by atoms with Crippen molar-refractivity contribution in [1.29, 1.82) is 0 Å². The van der Waals surface area contributed by atoms with Gasteiger partial charge in [-0.25, -0.2) is 4.98 Å². The molecular formula is C11H10N4O2. The third kappa shape index (κ3) is 2.00. The molecule has 0 aliphatic carbocycles. The summed E-state index contributed by atoms with van der Waals surface area (Å²) in [6.07, 6.45) is 5.83. The molecule has 0 spiro atoms. The average Bonchev–Trinajstić information content (AvgIpc) is 2.69. The molecule has 6 heteroatoms. The fourth-order valence-corrected chi connectivity index (χ4v) is 1.59. The minimum atomic E-state index is -0.566. The van der Waals surface area contributed by atoms with Crippen LogP contribution in [-0.2, 0) is 4.79 Å². The number of nitrogens with one attached hydrogen (secondary N) is 1. The first-order chi connectivity index (χ1) is 8.09. The normalized spacial score (nSPS) is 11.1. The van der Waals surface area contributed by atoms with Crippen LogP contribution in [0.2, 0.25) is 0 Å². The zero-order valence-electron chi connectivity index (χ0n) is 8.81. The predicted octanol–water partition coefficient (Wildman–Crippen LogP) is 0.160. The molecule has 0 aliphatic heterocycles. The first-order valence-electron chi connectivity index (χ1n) is 4.83. The van der Waals surface area contributed by atoms with Crippen LogP contribution in [0, 0.1) is 0 Å². The summed E-state index contributed by atoms with van der Waals surface area (Å²) in [6.45, 7) is 0. The molecular weight excluding hydrogens is 220 g/mol. The maximum atomic E-state index is 11.3. The second-order valence-electron chi connectivity index (χ2n) is 3.43. The third-order valence-electron chi connectivity index (χ3n) is 2.30. The van der Waals surface area contributed by atoms with Crippen molar-refractivity contribution in [1.82, 2.24) is 9.97 Å². The first-order valence-corrected chi connectivity index (χ1v) is 4.83. The zero-order valence-corrected chi connectivity index (χ0v) is 8.81. The molecule has 2 rings (SSSR count). The SMILES string of the molecule is NC(=O)/C=C/c1c[nH]c2nccc(C(N)=O)c12. The van der Waals surface area contributed by atoms with Crippen molar-refractivity contribution in [3.05, 3.63) is 35.7 Å². The van der Waals surface area contributed by atoms with E-state index in [0.29, 0.717) is 22.2 Å². The van der Waals surface area contributed by atoms with Gasteiger partial charge in [0.2, 0.25) is 11.8 Å². The highest BCUT2D eigenvalue weighted by Crippen LogP contribution is 2.21. The number of amides is 2. The van der Waals surface area contributed by atoms with Gasteiger partial charge in [0, 0.05) is 29.4 Å².